The van der Waals surface area contributed by atoms with Gasteiger partial charge >= 0.3 is 0 Å². The number of ether oxygens (including phenoxy) is 2. The van der Waals surface area contributed by atoms with Crippen molar-refractivity contribution < 1.29 is 19.1 Å². The second-order valence-corrected chi connectivity index (χ2v) is 7.62. The fraction of sp³-hybridized carbons (Fsp3) is 0.524. The summed E-state index contributed by atoms with van der Waals surface area (Å²) in [6.07, 6.45) is -0.0617. The standard InChI is InChI=1S/C21H31ClN4O4/c1-6-26(18-10-30-11-19(18)29-5)17-8-14(22)7-15(12(17)2)21(28)25-9-16(13(3)23)20(27)24-4/h7-8,18-19H,6,9-11,23H2,1-5H3,(H,24,27)(H,25,28)/b16-13-/t18-,19-/m1/s1. The molecule has 8 nitrogen and oxygen atoms in total. The van der Waals surface area contributed by atoms with Crippen molar-refractivity contribution >= 4 is 29.1 Å². The van der Waals surface area contributed by atoms with E-state index in [0.29, 0.717) is 41.6 Å². The Morgan fingerprint density at radius 1 is 1.37 bits per heavy atom. The predicted molar refractivity (Wildman–Crippen MR) is 118 cm³/mol. The first-order valence-electron chi connectivity index (χ1n) is 9.87. The number of nitrogens with two attached hydrogens (primary N) is 1. The van der Waals surface area contributed by atoms with Crippen molar-refractivity contribution in [3.8, 4) is 0 Å². The molecule has 2 amide bonds. The predicted octanol–water partition coefficient (Wildman–Crippen LogP) is 1.60. The van der Waals surface area contributed by atoms with Gasteiger partial charge in [-0.05, 0) is 38.5 Å². The summed E-state index contributed by atoms with van der Waals surface area (Å²) in [5.41, 5.74) is 8.53. The summed E-state index contributed by atoms with van der Waals surface area (Å²) in [5, 5.41) is 5.74. The average Bonchev–Trinajstić information content (AvgIpc) is 3.18. The van der Waals surface area contributed by atoms with Gasteiger partial charge in [-0.25, -0.2) is 0 Å². The van der Waals surface area contributed by atoms with Crippen molar-refractivity contribution in [1.29, 1.82) is 0 Å². The number of anilines is 1. The van der Waals surface area contributed by atoms with Gasteiger partial charge in [0.05, 0.1) is 31.4 Å². The van der Waals surface area contributed by atoms with Crippen LogP contribution in [0.5, 0.6) is 0 Å². The molecule has 166 valence electrons. The van der Waals surface area contributed by atoms with Gasteiger partial charge in [-0.3, -0.25) is 9.59 Å². The topological polar surface area (TPSA) is 106 Å². The summed E-state index contributed by atoms with van der Waals surface area (Å²) in [6, 6.07) is 3.50. The summed E-state index contributed by atoms with van der Waals surface area (Å²) in [5.74, 6) is -0.663. The van der Waals surface area contributed by atoms with Gasteiger partial charge in [-0.1, -0.05) is 11.6 Å². The van der Waals surface area contributed by atoms with Crippen molar-refractivity contribution in [3.63, 3.8) is 0 Å². The number of likely N-dealkylation sites (N-methyl/N-ethyl adjacent to an activating group) is 2. The third kappa shape index (κ3) is 5.24. The van der Waals surface area contributed by atoms with Gasteiger partial charge in [0.15, 0.2) is 0 Å². The van der Waals surface area contributed by atoms with Crippen LogP contribution in [0, 0.1) is 6.92 Å². The Morgan fingerprint density at radius 3 is 2.63 bits per heavy atom. The minimum atomic E-state index is -0.332. The highest BCUT2D eigenvalue weighted by atomic mass is 35.5. The van der Waals surface area contributed by atoms with Crippen LogP contribution in [0.3, 0.4) is 0 Å². The molecule has 9 heteroatoms. The van der Waals surface area contributed by atoms with E-state index in [-0.39, 0.29) is 30.5 Å². The van der Waals surface area contributed by atoms with E-state index in [1.54, 1.807) is 20.1 Å². The second kappa shape index (κ2) is 10.7. The maximum atomic E-state index is 12.9. The Bertz CT molecular complexity index is 823. The van der Waals surface area contributed by atoms with Gasteiger partial charge in [0.1, 0.15) is 6.10 Å². The summed E-state index contributed by atoms with van der Waals surface area (Å²) < 4.78 is 11.2. The van der Waals surface area contributed by atoms with E-state index < -0.39 is 0 Å². The van der Waals surface area contributed by atoms with E-state index in [4.69, 9.17) is 26.8 Å². The van der Waals surface area contributed by atoms with Crippen LogP contribution >= 0.6 is 11.6 Å². The highest BCUT2D eigenvalue weighted by Gasteiger charge is 2.34. The van der Waals surface area contributed by atoms with Crippen molar-refractivity contribution in [1.82, 2.24) is 10.6 Å². The Hall–Kier alpha value is -2.29. The first-order chi connectivity index (χ1) is 14.2. The molecule has 0 unspecified atom stereocenters. The lowest BCUT2D eigenvalue weighted by atomic mass is 10.0. The number of halogens is 1. The molecular weight excluding hydrogens is 408 g/mol. The fourth-order valence-corrected chi connectivity index (χ4v) is 3.85. The van der Waals surface area contributed by atoms with Gasteiger partial charge in [-0.15, -0.1) is 0 Å². The monoisotopic (exact) mass is 438 g/mol. The first-order valence-corrected chi connectivity index (χ1v) is 10.3. The number of methoxy groups -OCH3 is 1. The number of allylic oxidation sites excluding steroid dienone is 1. The SMILES string of the molecule is CCN(c1cc(Cl)cc(C(=O)NC/C(C(=O)NC)=C(\C)N)c1C)[C@@H]1COC[C@H]1OC. The van der Waals surface area contributed by atoms with E-state index in [1.165, 1.54) is 7.05 Å². The molecule has 2 rings (SSSR count). The van der Waals surface area contributed by atoms with Gasteiger partial charge < -0.3 is 30.7 Å². The van der Waals surface area contributed by atoms with Gasteiger partial charge in [0.2, 0.25) is 5.91 Å². The highest BCUT2D eigenvalue weighted by Crippen LogP contribution is 2.31. The van der Waals surface area contributed by atoms with E-state index in [2.05, 4.69) is 15.5 Å². The number of amides is 2. The lowest BCUT2D eigenvalue weighted by Gasteiger charge is -2.34. The highest BCUT2D eigenvalue weighted by molar-refractivity contribution is 6.31. The molecule has 1 heterocycles. The molecule has 0 aliphatic carbocycles. The first kappa shape index (κ1) is 24.0. The van der Waals surface area contributed by atoms with Crippen LogP contribution in [0.15, 0.2) is 23.4 Å². The van der Waals surface area contributed by atoms with Crippen molar-refractivity contribution in [2.45, 2.75) is 32.9 Å². The van der Waals surface area contributed by atoms with Crippen LogP contribution in [0.1, 0.15) is 29.8 Å². The summed E-state index contributed by atoms with van der Waals surface area (Å²) in [7, 11) is 3.18. The molecule has 1 aliphatic heterocycles. The minimum absolute atomic E-state index is 0.0157. The zero-order chi connectivity index (χ0) is 22.4. The number of carbonyl (C=O) groups is 2. The van der Waals surface area contributed by atoms with E-state index in [1.807, 2.05) is 19.9 Å². The molecule has 0 spiro atoms. The largest absolute Gasteiger partial charge is 0.402 e. The maximum absolute atomic E-state index is 12.9. The zero-order valence-electron chi connectivity index (χ0n) is 18.2. The molecule has 4 N–H and O–H groups in total. The lowest BCUT2D eigenvalue weighted by Crippen LogP contribution is -2.44. The normalized spacial score (nSPS) is 19.3. The molecular formula is C21H31ClN4O4. The summed E-state index contributed by atoms with van der Waals surface area (Å²) in [4.78, 5) is 27.0. The molecule has 1 aromatic carbocycles. The number of benzene rings is 1. The second-order valence-electron chi connectivity index (χ2n) is 7.19. The molecule has 0 saturated carbocycles. The Kier molecular flexibility index (Phi) is 8.52. The van der Waals surface area contributed by atoms with Gasteiger partial charge in [-0.2, -0.15) is 0 Å². The number of hydrogen-bond acceptors (Lipinski definition) is 6. The molecule has 1 aliphatic rings. The number of carbonyl (C=O) groups excluding carboxylic acids is 2. The van der Waals surface area contributed by atoms with Crippen LogP contribution < -0.4 is 21.3 Å². The maximum Gasteiger partial charge on any atom is 0.251 e. The molecule has 30 heavy (non-hydrogen) atoms. The van der Waals surface area contributed by atoms with Crippen LogP contribution in [0.2, 0.25) is 5.02 Å². The average molecular weight is 439 g/mol. The van der Waals surface area contributed by atoms with Crippen LogP contribution in [-0.2, 0) is 14.3 Å². The van der Waals surface area contributed by atoms with Gasteiger partial charge in [0.25, 0.3) is 5.91 Å². The van der Waals surface area contributed by atoms with E-state index in [0.717, 1.165) is 11.3 Å². The van der Waals surface area contributed by atoms with Crippen LogP contribution in [0.25, 0.3) is 0 Å². The van der Waals surface area contributed by atoms with Crippen LogP contribution in [-0.4, -0.2) is 64.4 Å². The lowest BCUT2D eigenvalue weighted by molar-refractivity contribution is -0.117. The fourth-order valence-electron chi connectivity index (χ4n) is 3.64. The Labute approximate surface area is 182 Å². The zero-order valence-corrected chi connectivity index (χ0v) is 18.9. The molecule has 0 radical (unpaired) electrons. The van der Waals surface area contributed by atoms with Crippen molar-refractivity contribution in [2.75, 3.05) is 45.4 Å². The number of rotatable bonds is 8. The number of hydrogen-bond donors (Lipinski definition) is 3. The summed E-state index contributed by atoms with van der Waals surface area (Å²) >= 11 is 6.37. The third-order valence-electron chi connectivity index (χ3n) is 5.35. The van der Waals surface area contributed by atoms with Crippen molar-refractivity contribution in [2.24, 2.45) is 5.73 Å². The molecule has 1 fully saturated rings. The van der Waals surface area contributed by atoms with Gasteiger partial charge in [0, 0.05) is 42.7 Å². The van der Waals surface area contributed by atoms with Crippen molar-refractivity contribution in [3.05, 3.63) is 39.6 Å². The number of nitrogens with zero attached hydrogens (tertiary/aromatic N) is 1. The summed E-state index contributed by atoms with van der Waals surface area (Å²) in [6.45, 7) is 7.32. The van der Waals surface area contributed by atoms with E-state index >= 15 is 0 Å². The Morgan fingerprint density at radius 2 is 2.07 bits per heavy atom. The molecule has 2 atom stereocenters. The quantitative estimate of drug-likeness (QED) is 0.532. The molecule has 0 bridgehead atoms. The third-order valence-corrected chi connectivity index (χ3v) is 5.56. The molecule has 0 aromatic heterocycles. The Balaban J connectivity index is 2.32. The molecule has 1 aromatic rings. The smallest absolute Gasteiger partial charge is 0.251 e. The minimum Gasteiger partial charge on any atom is -0.402 e. The molecule has 1 saturated heterocycles. The van der Waals surface area contributed by atoms with E-state index in [9.17, 15) is 9.59 Å². The van der Waals surface area contributed by atoms with Crippen LogP contribution in [0.4, 0.5) is 5.69 Å². The number of nitrogens with one attached hydrogen (secondary N) is 2.